The van der Waals surface area contributed by atoms with Crippen LogP contribution in [0.2, 0.25) is 0 Å². The zero-order valence-corrected chi connectivity index (χ0v) is 13.9. The molecule has 1 amide bonds. The standard InChI is InChI=1S/C18H15BrN2O2/c19-16-7-6-14-9-17(20-10-15(14)8-16)11-21-18(22)23-12-13-4-2-1-3-5-13/h1-10H,11-12H2,(H,21,22). The van der Waals surface area contributed by atoms with Crippen LogP contribution in [0.4, 0.5) is 4.79 Å². The molecule has 0 aliphatic rings. The van der Waals surface area contributed by atoms with Crippen LogP contribution in [-0.4, -0.2) is 11.1 Å². The van der Waals surface area contributed by atoms with Gasteiger partial charge in [0.25, 0.3) is 0 Å². The number of rotatable bonds is 4. The number of halogens is 1. The van der Waals surface area contributed by atoms with E-state index in [-0.39, 0.29) is 6.61 Å². The Morgan fingerprint density at radius 2 is 1.91 bits per heavy atom. The van der Waals surface area contributed by atoms with Gasteiger partial charge in [-0.2, -0.15) is 0 Å². The zero-order valence-electron chi connectivity index (χ0n) is 12.3. The van der Waals surface area contributed by atoms with Crippen molar-refractivity contribution in [3.63, 3.8) is 0 Å². The molecular weight excluding hydrogens is 356 g/mol. The molecule has 2 aromatic carbocycles. The Balaban J connectivity index is 1.55. The minimum absolute atomic E-state index is 0.256. The lowest BCUT2D eigenvalue weighted by Gasteiger charge is -2.07. The van der Waals surface area contributed by atoms with Crippen LogP contribution < -0.4 is 5.32 Å². The number of benzene rings is 2. The van der Waals surface area contributed by atoms with Gasteiger partial charge >= 0.3 is 6.09 Å². The van der Waals surface area contributed by atoms with Crippen LogP contribution in [0.1, 0.15) is 11.3 Å². The maximum Gasteiger partial charge on any atom is 0.407 e. The van der Waals surface area contributed by atoms with Gasteiger partial charge in [0.15, 0.2) is 0 Å². The van der Waals surface area contributed by atoms with E-state index < -0.39 is 6.09 Å². The minimum atomic E-state index is -0.452. The number of carbonyl (C=O) groups excluding carboxylic acids is 1. The first-order valence-electron chi connectivity index (χ1n) is 7.19. The van der Waals surface area contributed by atoms with Gasteiger partial charge in [0.05, 0.1) is 12.2 Å². The number of amides is 1. The molecule has 0 saturated heterocycles. The lowest BCUT2D eigenvalue weighted by Crippen LogP contribution is -2.24. The Hall–Kier alpha value is -2.40. The van der Waals surface area contributed by atoms with Gasteiger partial charge in [-0.15, -0.1) is 0 Å². The van der Waals surface area contributed by atoms with Crippen molar-refractivity contribution < 1.29 is 9.53 Å². The lowest BCUT2D eigenvalue weighted by molar-refractivity contribution is 0.139. The molecule has 1 aromatic heterocycles. The first-order chi connectivity index (χ1) is 11.2. The van der Waals surface area contributed by atoms with Crippen molar-refractivity contribution in [2.75, 3.05) is 0 Å². The summed E-state index contributed by atoms with van der Waals surface area (Å²) in [5, 5.41) is 4.84. The fraction of sp³-hybridized carbons (Fsp3) is 0.111. The zero-order chi connectivity index (χ0) is 16.1. The Bertz CT molecular complexity index is 822. The number of hydrogen-bond donors (Lipinski definition) is 1. The van der Waals surface area contributed by atoms with Gasteiger partial charge in [0.1, 0.15) is 6.61 Å². The van der Waals surface area contributed by atoms with E-state index in [1.54, 1.807) is 6.20 Å². The summed E-state index contributed by atoms with van der Waals surface area (Å²) in [7, 11) is 0. The Morgan fingerprint density at radius 3 is 2.74 bits per heavy atom. The number of nitrogens with zero attached hydrogens (tertiary/aromatic N) is 1. The molecule has 0 unspecified atom stereocenters. The van der Waals surface area contributed by atoms with Crippen molar-refractivity contribution in [2.45, 2.75) is 13.2 Å². The van der Waals surface area contributed by atoms with Gasteiger partial charge in [-0.1, -0.05) is 52.3 Å². The van der Waals surface area contributed by atoms with Gasteiger partial charge < -0.3 is 10.1 Å². The molecule has 0 fully saturated rings. The maximum atomic E-state index is 11.7. The average molecular weight is 371 g/mol. The van der Waals surface area contributed by atoms with E-state index in [1.807, 2.05) is 54.6 Å². The van der Waals surface area contributed by atoms with E-state index in [1.165, 1.54) is 0 Å². The highest BCUT2D eigenvalue weighted by molar-refractivity contribution is 9.10. The molecule has 4 nitrogen and oxygen atoms in total. The largest absolute Gasteiger partial charge is 0.445 e. The molecule has 0 atom stereocenters. The van der Waals surface area contributed by atoms with Crippen LogP contribution in [0, 0.1) is 0 Å². The Morgan fingerprint density at radius 1 is 1.09 bits per heavy atom. The number of nitrogens with one attached hydrogen (secondary N) is 1. The van der Waals surface area contributed by atoms with E-state index in [0.717, 1.165) is 26.5 Å². The minimum Gasteiger partial charge on any atom is -0.445 e. The SMILES string of the molecule is O=C(NCc1cc2ccc(Br)cc2cn1)OCc1ccccc1. The van der Waals surface area contributed by atoms with Crippen LogP contribution in [-0.2, 0) is 17.9 Å². The molecule has 23 heavy (non-hydrogen) atoms. The predicted octanol–water partition coefficient (Wildman–Crippen LogP) is 4.42. The van der Waals surface area contributed by atoms with Crippen LogP contribution in [0.5, 0.6) is 0 Å². The molecule has 0 saturated carbocycles. The van der Waals surface area contributed by atoms with E-state index in [9.17, 15) is 4.79 Å². The Labute approximate surface area is 142 Å². The van der Waals surface area contributed by atoms with Crippen molar-refractivity contribution in [1.29, 1.82) is 0 Å². The summed E-state index contributed by atoms with van der Waals surface area (Å²) in [4.78, 5) is 16.1. The summed E-state index contributed by atoms with van der Waals surface area (Å²) in [6.45, 7) is 0.589. The number of ether oxygens (including phenoxy) is 1. The quantitative estimate of drug-likeness (QED) is 0.739. The highest BCUT2D eigenvalue weighted by atomic mass is 79.9. The monoisotopic (exact) mass is 370 g/mol. The van der Waals surface area contributed by atoms with Crippen molar-refractivity contribution in [3.05, 3.63) is 76.5 Å². The number of aromatic nitrogens is 1. The molecule has 3 rings (SSSR count). The number of pyridine rings is 1. The molecule has 0 bridgehead atoms. The average Bonchev–Trinajstić information content (AvgIpc) is 2.59. The van der Waals surface area contributed by atoms with Gasteiger partial charge in [-0.25, -0.2) is 4.79 Å². The second-order valence-corrected chi connectivity index (χ2v) is 6.00. The first-order valence-corrected chi connectivity index (χ1v) is 7.99. The third kappa shape index (κ3) is 4.29. The summed E-state index contributed by atoms with van der Waals surface area (Å²) in [6.07, 6.45) is 1.35. The van der Waals surface area contributed by atoms with Gasteiger partial charge in [0, 0.05) is 16.1 Å². The molecule has 5 heteroatoms. The van der Waals surface area contributed by atoms with E-state index >= 15 is 0 Å². The van der Waals surface area contributed by atoms with Crippen LogP contribution in [0.3, 0.4) is 0 Å². The molecule has 116 valence electrons. The second-order valence-electron chi connectivity index (χ2n) is 5.08. The second kappa shape index (κ2) is 7.24. The van der Waals surface area contributed by atoms with Gasteiger partial charge in [0.2, 0.25) is 0 Å². The summed E-state index contributed by atoms with van der Waals surface area (Å²) in [6, 6.07) is 17.5. The van der Waals surface area contributed by atoms with Crippen LogP contribution in [0.25, 0.3) is 10.8 Å². The smallest absolute Gasteiger partial charge is 0.407 e. The topological polar surface area (TPSA) is 51.2 Å². The first kappa shape index (κ1) is 15.5. The van der Waals surface area contributed by atoms with E-state index in [0.29, 0.717) is 6.54 Å². The summed E-state index contributed by atoms with van der Waals surface area (Å²) >= 11 is 3.44. The molecule has 0 aliphatic heterocycles. The molecular formula is C18H15BrN2O2. The summed E-state index contributed by atoms with van der Waals surface area (Å²) in [5.74, 6) is 0. The third-order valence-electron chi connectivity index (χ3n) is 3.37. The van der Waals surface area contributed by atoms with Crippen molar-refractivity contribution in [1.82, 2.24) is 10.3 Å². The summed E-state index contributed by atoms with van der Waals surface area (Å²) in [5.41, 5.74) is 1.74. The molecule has 0 aliphatic carbocycles. The molecule has 3 aromatic rings. The van der Waals surface area contributed by atoms with Gasteiger partial charge in [-0.05, 0) is 29.1 Å². The normalized spacial score (nSPS) is 10.5. The fourth-order valence-corrected chi connectivity index (χ4v) is 2.57. The number of alkyl carbamates (subject to hydrolysis) is 1. The highest BCUT2D eigenvalue weighted by Crippen LogP contribution is 2.19. The van der Waals surface area contributed by atoms with E-state index in [4.69, 9.17) is 4.74 Å². The van der Waals surface area contributed by atoms with Crippen LogP contribution >= 0.6 is 15.9 Å². The van der Waals surface area contributed by atoms with Crippen molar-refractivity contribution in [2.24, 2.45) is 0 Å². The molecule has 1 heterocycles. The molecule has 0 spiro atoms. The molecule has 1 N–H and O–H groups in total. The summed E-state index contributed by atoms with van der Waals surface area (Å²) < 4.78 is 6.18. The lowest BCUT2D eigenvalue weighted by atomic mass is 10.1. The highest BCUT2D eigenvalue weighted by Gasteiger charge is 2.04. The maximum absolute atomic E-state index is 11.7. The fourth-order valence-electron chi connectivity index (χ4n) is 2.19. The predicted molar refractivity (Wildman–Crippen MR) is 92.9 cm³/mol. The molecule has 0 radical (unpaired) electrons. The number of hydrogen-bond acceptors (Lipinski definition) is 3. The van der Waals surface area contributed by atoms with Gasteiger partial charge in [-0.3, -0.25) is 4.98 Å². The van der Waals surface area contributed by atoms with E-state index in [2.05, 4.69) is 26.2 Å². The van der Waals surface area contributed by atoms with Crippen molar-refractivity contribution >= 4 is 32.8 Å². The van der Waals surface area contributed by atoms with Crippen LogP contribution in [0.15, 0.2) is 65.3 Å². The number of fused-ring (bicyclic) bond motifs is 1. The number of carbonyl (C=O) groups is 1. The Kier molecular flexibility index (Phi) is 4.88. The third-order valence-corrected chi connectivity index (χ3v) is 3.86. The van der Waals surface area contributed by atoms with Crippen molar-refractivity contribution in [3.8, 4) is 0 Å².